The molecule has 0 fully saturated rings. The molecule has 126 valence electrons. The van der Waals surface area contributed by atoms with Crippen LogP contribution >= 0.6 is 11.6 Å². The molecule has 0 bridgehead atoms. The van der Waals surface area contributed by atoms with Crippen LogP contribution < -0.4 is 4.72 Å². The maximum absolute atomic E-state index is 12.5. The first-order chi connectivity index (χ1) is 12.0. The number of hydrogen-bond acceptors (Lipinski definition) is 3. The highest BCUT2D eigenvalue weighted by Crippen LogP contribution is 2.20. The number of hydrogen-bond donors (Lipinski definition) is 1. The van der Waals surface area contributed by atoms with Crippen LogP contribution in [0.15, 0.2) is 83.8 Å². The number of halogens is 1. The monoisotopic (exact) mass is 371 g/mol. The van der Waals surface area contributed by atoms with Crippen LogP contribution in [0.3, 0.4) is 0 Å². The van der Waals surface area contributed by atoms with Crippen molar-refractivity contribution < 1.29 is 13.2 Å². The van der Waals surface area contributed by atoms with Gasteiger partial charge in [-0.3, -0.25) is 9.52 Å². The van der Waals surface area contributed by atoms with Gasteiger partial charge < -0.3 is 0 Å². The molecule has 3 rings (SSSR count). The summed E-state index contributed by atoms with van der Waals surface area (Å²) in [6.07, 6.45) is 0. The second-order valence-corrected chi connectivity index (χ2v) is 7.45. The zero-order valence-corrected chi connectivity index (χ0v) is 14.6. The van der Waals surface area contributed by atoms with E-state index in [4.69, 9.17) is 11.6 Å². The summed E-state index contributed by atoms with van der Waals surface area (Å²) in [7, 11) is -3.76. The van der Waals surface area contributed by atoms with E-state index in [1.807, 2.05) is 6.07 Å². The maximum Gasteiger partial charge on any atom is 0.261 e. The Morgan fingerprint density at radius 3 is 2.12 bits per heavy atom. The Labute approximate surface area is 151 Å². The molecule has 1 N–H and O–H groups in total. The van der Waals surface area contributed by atoms with Crippen molar-refractivity contribution in [2.45, 2.75) is 4.90 Å². The topological polar surface area (TPSA) is 63.2 Å². The predicted octanol–water partition coefficient (Wildman–Crippen LogP) is 4.37. The molecule has 0 atom stereocenters. The first kappa shape index (κ1) is 17.2. The summed E-state index contributed by atoms with van der Waals surface area (Å²) < 4.78 is 27.3. The molecule has 0 saturated heterocycles. The molecule has 25 heavy (non-hydrogen) atoms. The Morgan fingerprint density at radius 2 is 1.44 bits per heavy atom. The Balaban J connectivity index is 1.87. The zero-order valence-electron chi connectivity index (χ0n) is 13.0. The van der Waals surface area contributed by atoms with Gasteiger partial charge in [-0.25, -0.2) is 8.42 Å². The SMILES string of the molecule is O=C(c1ccccc1)c1cccc(NS(=O)(=O)c2ccc(Cl)cc2)c1. The molecular weight excluding hydrogens is 358 g/mol. The van der Waals surface area contributed by atoms with Crippen LogP contribution in [0, 0.1) is 0 Å². The van der Waals surface area contributed by atoms with Gasteiger partial charge >= 0.3 is 0 Å². The molecule has 0 aliphatic carbocycles. The average Bonchev–Trinajstić information content (AvgIpc) is 2.62. The van der Waals surface area contributed by atoms with Gasteiger partial charge in [0.2, 0.25) is 0 Å². The third-order valence-corrected chi connectivity index (χ3v) is 5.19. The van der Waals surface area contributed by atoms with E-state index in [2.05, 4.69) is 4.72 Å². The molecule has 3 aromatic rings. The summed E-state index contributed by atoms with van der Waals surface area (Å²) in [5.41, 5.74) is 1.26. The Kier molecular flexibility index (Phi) is 4.88. The zero-order chi connectivity index (χ0) is 17.9. The molecule has 0 amide bonds. The summed E-state index contributed by atoms with van der Waals surface area (Å²) in [5.74, 6) is -0.173. The number of anilines is 1. The lowest BCUT2D eigenvalue weighted by Crippen LogP contribution is -2.13. The smallest absolute Gasteiger partial charge is 0.261 e. The summed E-state index contributed by atoms with van der Waals surface area (Å²) in [5, 5.41) is 0.453. The molecule has 3 aromatic carbocycles. The normalized spacial score (nSPS) is 11.1. The van der Waals surface area contributed by atoms with Gasteiger partial charge in [0, 0.05) is 21.8 Å². The average molecular weight is 372 g/mol. The fourth-order valence-electron chi connectivity index (χ4n) is 2.31. The van der Waals surface area contributed by atoms with E-state index < -0.39 is 10.0 Å². The molecule has 0 heterocycles. The minimum absolute atomic E-state index is 0.0942. The minimum Gasteiger partial charge on any atom is -0.289 e. The molecule has 0 saturated carbocycles. The third kappa shape index (κ3) is 4.07. The predicted molar refractivity (Wildman–Crippen MR) is 98.6 cm³/mol. The first-order valence-corrected chi connectivity index (χ1v) is 9.30. The van der Waals surface area contributed by atoms with Gasteiger partial charge in [-0.05, 0) is 36.4 Å². The van der Waals surface area contributed by atoms with Crippen molar-refractivity contribution in [1.29, 1.82) is 0 Å². The van der Waals surface area contributed by atoms with E-state index in [0.29, 0.717) is 21.8 Å². The van der Waals surface area contributed by atoms with Crippen LogP contribution in [0.4, 0.5) is 5.69 Å². The van der Waals surface area contributed by atoms with Gasteiger partial charge in [-0.15, -0.1) is 0 Å². The highest BCUT2D eigenvalue weighted by molar-refractivity contribution is 7.92. The highest BCUT2D eigenvalue weighted by Gasteiger charge is 2.15. The van der Waals surface area contributed by atoms with Crippen molar-refractivity contribution in [3.8, 4) is 0 Å². The standard InChI is InChI=1S/C19H14ClNO3S/c20-16-9-11-18(12-10-16)25(23,24)21-17-8-4-7-15(13-17)19(22)14-5-2-1-3-6-14/h1-13,21H. The fourth-order valence-corrected chi connectivity index (χ4v) is 3.48. The fraction of sp³-hybridized carbons (Fsp3) is 0. The summed E-state index contributed by atoms with van der Waals surface area (Å²) in [6.45, 7) is 0. The van der Waals surface area contributed by atoms with Crippen LogP contribution in [0.25, 0.3) is 0 Å². The number of rotatable bonds is 5. The molecule has 0 unspecified atom stereocenters. The summed E-state index contributed by atoms with van der Waals surface area (Å²) in [6, 6.07) is 21.1. The third-order valence-electron chi connectivity index (χ3n) is 3.54. The molecule has 0 aliphatic rings. The van der Waals surface area contributed by atoms with Gasteiger partial charge in [-0.2, -0.15) is 0 Å². The van der Waals surface area contributed by atoms with Crippen LogP contribution in [0.5, 0.6) is 0 Å². The molecule has 0 aromatic heterocycles. The van der Waals surface area contributed by atoms with E-state index in [9.17, 15) is 13.2 Å². The van der Waals surface area contributed by atoms with E-state index in [0.717, 1.165) is 0 Å². The van der Waals surface area contributed by atoms with Crippen molar-refractivity contribution in [3.63, 3.8) is 0 Å². The number of carbonyl (C=O) groups excluding carboxylic acids is 1. The van der Waals surface area contributed by atoms with Gasteiger partial charge in [0.25, 0.3) is 10.0 Å². The van der Waals surface area contributed by atoms with Crippen molar-refractivity contribution >= 4 is 33.1 Å². The van der Waals surface area contributed by atoms with Crippen molar-refractivity contribution in [3.05, 3.63) is 95.0 Å². The van der Waals surface area contributed by atoms with Gasteiger partial charge in [-0.1, -0.05) is 54.1 Å². The number of benzene rings is 3. The highest BCUT2D eigenvalue weighted by atomic mass is 35.5. The summed E-state index contributed by atoms with van der Waals surface area (Å²) >= 11 is 5.78. The van der Waals surface area contributed by atoms with E-state index in [-0.39, 0.29) is 10.7 Å². The molecule has 0 aliphatic heterocycles. The van der Waals surface area contributed by atoms with Gasteiger partial charge in [0.15, 0.2) is 5.78 Å². The number of nitrogens with one attached hydrogen (secondary N) is 1. The van der Waals surface area contributed by atoms with E-state index in [1.54, 1.807) is 42.5 Å². The van der Waals surface area contributed by atoms with Crippen LogP contribution in [0.1, 0.15) is 15.9 Å². The number of carbonyl (C=O) groups is 1. The van der Waals surface area contributed by atoms with E-state index in [1.165, 1.54) is 30.3 Å². The lowest BCUT2D eigenvalue weighted by Gasteiger charge is -2.09. The summed E-state index contributed by atoms with van der Waals surface area (Å²) in [4.78, 5) is 12.6. The second kappa shape index (κ2) is 7.09. The van der Waals surface area contributed by atoms with Crippen molar-refractivity contribution in [2.75, 3.05) is 4.72 Å². The molecule has 0 spiro atoms. The maximum atomic E-state index is 12.5. The number of ketones is 1. The Morgan fingerprint density at radius 1 is 0.800 bits per heavy atom. The molecule has 6 heteroatoms. The van der Waals surface area contributed by atoms with Gasteiger partial charge in [0.1, 0.15) is 0 Å². The van der Waals surface area contributed by atoms with Crippen molar-refractivity contribution in [2.24, 2.45) is 0 Å². The second-order valence-electron chi connectivity index (χ2n) is 5.34. The first-order valence-electron chi connectivity index (χ1n) is 7.44. The molecule has 4 nitrogen and oxygen atoms in total. The van der Waals surface area contributed by atoms with Crippen LogP contribution in [-0.2, 0) is 10.0 Å². The quantitative estimate of drug-likeness (QED) is 0.677. The van der Waals surface area contributed by atoms with Crippen LogP contribution in [-0.4, -0.2) is 14.2 Å². The molecule has 0 radical (unpaired) electrons. The number of sulfonamides is 1. The minimum atomic E-state index is -3.76. The molecular formula is C19H14ClNO3S. The largest absolute Gasteiger partial charge is 0.289 e. The van der Waals surface area contributed by atoms with Crippen LogP contribution in [0.2, 0.25) is 5.02 Å². The Hall–Kier alpha value is -2.63. The lowest BCUT2D eigenvalue weighted by atomic mass is 10.0. The van der Waals surface area contributed by atoms with E-state index >= 15 is 0 Å². The van der Waals surface area contributed by atoms with Gasteiger partial charge in [0.05, 0.1) is 4.90 Å². The Bertz CT molecular complexity index is 1000. The lowest BCUT2D eigenvalue weighted by molar-refractivity contribution is 0.103. The van der Waals surface area contributed by atoms with Crippen molar-refractivity contribution in [1.82, 2.24) is 0 Å².